The van der Waals surface area contributed by atoms with Crippen LogP contribution >= 0.6 is 0 Å². The van der Waals surface area contributed by atoms with Gasteiger partial charge in [0.05, 0.1) is 0 Å². The van der Waals surface area contributed by atoms with Gasteiger partial charge in [-0.3, -0.25) is 0 Å². The molecule has 1 N–H and O–H groups in total. The number of carbonyl (C=O) groups is 1. The quantitative estimate of drug-likeness (QED) is 0.780. The fourth-order valence-corrected chi connectivity index (χ4v) is 2.59. The summed E-state index contributed by atoms with van der Waals surface area (Å²) in [5, 5.41) is 3.50. The van der Waals surface area contributed by atoms with Gasteiger partial charge in [0.25, 0.3) is 0 Å². The third-order valence-corrected chi connectivity index (χ3v) is 3.79. The van der Waals surface area contributed by atoms with Gasteiger partial charge in [-0.1, -0.05) is 0 Å². The molecule has 4 heteroatoms. The second kappa shape index (κ2) is 6.12. The number of rotatable bonds is 5. The molecule has 0 aromatic rings. The maximum atomic E-state index is 12.1. The van der Waals surface area contributed by atoms with E-state index in [1.165, 1.54) is 12.8 Å². The number of hydrogen-bond acceptors (Lipinski definition) is 3. The Labute approximate surface area is 116 Å². The summed E-state index contributed by atoms with van der Waals surface area (Å²) in [4.78, 5) is 14.0. The first-order valence-electron chi connectivity index (χ1n) is 7.66. The lowest BCUT2D eigenvalue weighted by atomic mass is 10.1. The number of nitrogens with zero attached hydrogens (tertiary/aromatic N) is 1. The molecular formula is C15H28N2O2. The molecule has 1 aliphatic heterocycles. The molecule has 1 unspecified atom stereocenters. The normalized spacial score (nSPS) is 23.7. The summed E-state index contributed by atoms with van der Waals surface area (Å²) in [6.07, 6.45) is 5.90. The molecule has 0 radical (unpaired) electrons. The fourth-order valence-electron chi connectivity index (χ4n) is 2.59. The molecular weight excluding hydrogens is 240 g/mol. The lowest BCUT2D eigenvalue weighted by Crippen LogP contribution is -2.41. The summed E-state index contributed by atoms with van der Waals surface area (Å²) < 4.78 is 5.47. The Morgan fingerprint density at radius 1 is 1.32 bits per heavy atom. The topological polar surface area (TPSA) is 41.6 Å². The Morgan fingerprint density at radius 2 is 2.05 bits per heavy atom. The minimum absolute atomic E-state index is 0.141. The highest BCUT2D eigenvalue weighted by molar-refractivity contribution is 5.68. The van der Waals surface area contributed by atoms with Gasteiger partial charge in [-0.15, -0.1) is 0 Å². The van der Waals surface area contributed by atoms with Gasteiger partial charge < -0.3 is 15.0 Å². The zero-order valence-electron chi connectivity index (χ0n) is 12.6. The molecule has 1 aliphatic carbocycles. The molecule has 110 valence electrons. The van der Waals surface area contributed by atoms with E-state index in [0.29, 0.717) is 6.04 Å². The smallest absolute Gasteiger partial charge is 0.410 e. The second-order valence-electron chi connectivity index (χ2n) is 6.91. The van der Waals surface area contributed by atoms with Gasteiger partial charge in [0.15, 0.2) is 0 Å². The predicted octanol–water partition coefficient (Wildman–Crippen LogP) is 2.78. The van der Waals surface area contributed by atoms with Gasteiger partial charge in [-0.2, -0.15) is 0 Å². The van der Waals surface area contributed by atoms with Gasteiger partial charge in [0.1, 0.15) is 5.60 Å². The highest BCUT2D eigenvalue weighted by Crippen LogP contribution is 2.27. The first-order valence-corrected chi connectivity index (χ1v) is 7.66. The zero-order valence-corrected chi connectivity index (χ0v) is 12.6. The van der Waals surface area contributed by atoms with Crippen molar-refractivity contribution in [1.29, 1.82) is 0 Å². The van der Waals surface area contributed by atoms with E-state index < -0.39 is 5.60 Å². The molecule has 19 heavy (non-hydrogen) atoms. The average molecular weight is 268 g/mol. The second-order valence-corrected chi connectivity index (χ2v) is 6.91. The van der Waals surface area contributed by atoms with Crippen molar-refractivity contribution in [3.05, 3.63) is 0 Å². The number of likely N-dealkylation sites (tertiary alicyclic amines) is 1. The van der Waals surface area contributed by atoms with E-state index in [2.05, 4.69) is 5.32 Å². The Bertz CT molecular complexity index is 308. The molecule has 1 saturated carbocycles. The molecule has 1 saturated heterocycles. The molecule has 0 bridgehead atoms. The minimum Gasteiger partial charge on any atom is -0.444 e. The highest BCUT2D eigenvalue weighted by atomic mass is 16.6. The van der Waals surface area contributed by atoms with Crippen molar-refractivity contribution >= 4 is 6.09 Å². The summed E-state index contributed by atoms with van der Waals surface area (Å²) in [6, 6.07) is 0.363. The molecule has 2 rings (SSSR count). The number of carbonyl (C=O) groups excluding carboxylic acids is 1. The molecule has 0 aromatic heterocycles. The molecule has 1 heterocycles. The molecule has 1 atom stereocenters. The molecule has 0 aromatic carbocycles. The van der Waals surface area contributed by atoms with Crippen molar-refractivity contribution in [2.24, 2.45) is 5.92 Å². The van der Waals surface area contributed by atoms with Crippen LogP contribution in [0.1, 0.15) is 52.9 Å². The van der Waals surface area contributed by atoms with E-state index in [-0.39, 0.29) is 6.09 Å². The third-order valence-electron chi connectivity index (χ3n) is 3.79. The number of nitrogens with one attached hydrogen (secondary N) is 1. The van der Waals surface area contributed by atoms with Gasteiger partial charge in [0.2, 0.25) is 0 Å². The number of ether oxygens (including phenoxy) is 1. The maximum Gasteiger partial charge on any atom is 0.410 e. The van der Waals surface area contributed by atoms with Crippen LogP contribution in [0.15, 0.2) is 0 Å². The number of amides is 1. The summed E-state index contributed by atoms with van der Waals surface area (Å²) >= 11 is 0. The molecule has 0 spiro atoms. The van der Waals surface area contributed by atoms with Crippen molar-refractivity contribution in [1.82, 2.24) is 10.2 Å². The first-order chi connectivity index (χ1) is 8.96. The minimum atomic E-state index is -0.394. The molecule has 2 aliphatic rings. The van der Waals surface area contributed by atoms with Crippen molar-refractivity contribution in [3.63, 3.8) is 0 Å². The Kier molecular flexibility index (Phi) is 4.71. The summed E-state index contributed by atoms with van der Waals surface area (Å²) in [6.45, 7) is 8.79. The van der Waals surface area contributed by atoms with E-state index in [1.54, 1.807) is 0 Å². The standard InChI is InChI=1S/C15H28N2O2/c1-15(2,3)19-14(18)17-10-4-5-13(17)8-9-16-11-12-6-7-12/h12-13,16H,4-11H2,1-3H3. The Balaban J connectivity index is 1.70. The zero-order chi connectivity index (χ0) is 13.9. The van der Waals surface area contributed by atoms with Crippen LogP contribution in [-0.4, -0.2) is 42.3 Å². The predicted molar refractivity (Wildman–Crippen MR) is 76.2 cm³/mol. The molecule has 2 fully saturated rings. The van der Waals surface area contributed by atoms with Gasteiger partial charge in [0, 0.05) is 12.6 Å². The van der Waals surface area contributed by atoms with E-state index in [1.807, 2.05) is 25.7 Å². The van der Waals surface area contributed by atoms with Crippen LogP contribution in [0, 0.1) is 5.92 Å². The molecule has 4 nitrogen and oxygen atoms in total. The first kappa shape index (κ1) is 14.6. The molecule has 1 amide bonds. The average Bonchev–Trinajstić information content (AvgIpc) is 2.99. The summed E-state index contributed by atoms with van der Waals surface area (Å²) in [7, 11) is 0. The monoisotopic (exact) mass is 268 g/mol. The Morgan fingerprint density at radius 3 is 2.68 bits per heavy atom. The van der Waals surface area contributed by atoms with E-state index in [9.17, 15) is 4.79 Å². The van der Waals surface area contributed by atoms with E-state index in [4.69, 9.17) is 4.74 Å². The van der Waals surface area contributed by atoms with Crippen molar-refractivity contribution < 1.29 is 9.53 Å². The van der Waals surface area contributed by atoms with Gasteiger partial charge >= 0.3 is 6.09 Å². The van der Waals surface area contributed by atoms with Crippen LogP contribution in [0.2, 0.25) is 0 Å². The SMILES string of the molecule is CC(C)(C)OC(=O)N1CCCC1CCNCC1CC1. The highest BCUT2D eigenvalue weighted by Gasteiger charge is 2.31. The summed E-state index contributed by atoms with van der Waals surface area (Å²) in [5.41, 5.74) is -0.394. The van der Waals surface area contributed by atoms with Crippen LogP contribution in [0.5, 0.6) is 0 Å². The van der Waals surface area contributed by atoms with Crippen molar-refractivity contribution in [3.8, 4) is 0 Å². The van der Waals surface area contributed by atoms with Crippen LogP contribution in [0.25, 0.3) is 0 Å². The Hall–Kier alpha value is -0.770. The van der Waals surface area contributed by atoms with E-state index in [0.717, 1.165) is 44.8 Å². The van der Waals surface area contributed by atoms with Crippen LogP contribution in [0.4, 0.5) is 4.79 Å². The van der Waals surface area contributed by atoms with E-state index >= 15 is 0 Å². The van der Waals surface area contributed by atoms with Crippen LogP contribution in [-0.2, 0) is 4.74 Å². The fraction of sp³-hybridized carbons (Fsp3) is 0.933. The lowest BCUT2D eigenvalue weighted by Gasteiger charge is -2.28. The van der Waals surface area contributed by atoms with Gasteiger partial charge in [-0.25, -0.2) is 4.79 Å². The van der Waals surface area contributed by atoms with Crippen molar-refractivity contribution in [2.75, 3.05) is 19.6 Å². The third kappa shape index (κ3) is 5.01. The summed E-state index contributed by atoms with van der Waals surface area (Å²) in [5.74, 6) is 0.922. The largest absolute Gasteiger partial charge is 0.444 e. The maximum absolute atomic E-state index is 12.1. The number of hydrogen-bond donors (Lipinski definition) is 1. The van der Waals surface area contributed by atoms with Crippen LogP contribution in [0.3, 0.4) is 0 Å². The lowest BCUT2D eigenvalue weighted by molar-refractivity contribution is 0.0221. The van der Waals surface area contributed by atoms with Crippen LogP contribution < -0.4 is 5.32 Å². The van der Waals surface area contributed by atoms with Crippen molar-refractivity contribution in [2.45, 2.75) is 64.5 Å². The van der Waals surface area contributed by atoms with Gasteiger partial charge in [-0.05, 0) is 71.9 Å².